The molecule has 1 aliphatic carbocycles. The molecular weight excluding hydrogens is 336 g/mol. The molecule has 3 N–H and O–H groups in total. The number of benzene rings is 1. The zero-order valence-corrected chi connectivity index (χ0v) is 15.6. The van der Waals surface area contributed by atoms with Crippen LogP contribution in [0, 0.1) is 0 Å². The average Bonchev–Trinajstić information content (AvgIpc) is 2.65. The molecule has 0 aliphatic heterocycles. The van der Waals surface area contributed by atoms with Crippen molar-refractivity contribution in [2.75, 3.05) is 21.3 Å². The number of allylic oxidation sites excluding steroid dienone is 2. The van der Waals surface area contributed by atoms with Gasteiger partial charge in [-0.1, -0.05) is 12.2 Å². The van der Waals surface area contributed by atoms with Gasteiger partial charge in [0.2, 0.25) is 5.75 Å². The number of carbonyl (C=O) groups excluding carboxylic acids is 1. The maximum absolute atomic E-state index is 12.2. The van der Waals surface area contributed by atoms with E-state index >= 15 is 0 Å². The molecule has 0 spiro atoms. The first kappa shape index (κ1) is 19.9. The van der Waals surface area contributed by atoms with E-state index in [9.17, 15) is 4.79 Å². The van der Waals surface area contributed by atoms with Crippen molar-refractivity contribution < 1.29 is 23.7 Å². The van der Waals surface area contributed by atoms with Gasteiger partial charge < -0.3 is 30.0 Å². The SMILES string of the molecule is COc1cc(COC(=O)NC2CCC=CCCC2N)cc(OC)c1OC. The smallest absolute Gasteiger partial charge is 0.407 e. The van der Waals surface area contributed by atoms with E-state index in [1.54, 1.807) is 26.4 Å². The second kappa shape index (κ2) is 9.91. The number of hydrogen-bond donors (Lipinski definition) is 2. The normalized spacial score (nSPS) is 19.8. The predicted octanol–water partition coefficient (Wildman–Crippen LogP) is 2.76. The number of hydrogen-bond acceptors (Lipinski definition) is 6. The van der Waals surface area contributed by atoms with Crippen molar-refractivity contribution >= 4 is 6.09 Å². The fourth-order valence-corrected chi connectivity index (χ4v) is 2.96. The van der Waals surface area contributed by atoms with Gasteiger partial charge in [-0.25, -0.2) is 4.79 Å². The van der Waals surface area contributed by atoms with E-state index in [4.69, 9.17) is 24.7 Å². The van der Waals surface area contributed by atoms with Crippen LogP contribution in [-0.4, -0.2) is 39.5 Å². The minimum Gasteiger partial charge on any atom is -0.493 e. The van der Waals surface area contributed by atoms with Crippen LogP contribution in [0.25, 0.3) is 0 Å². The van der Waals surface area contributed by atoms with Crippen molar-refractivity contribution in [3.63, 3.8) is 0 Å². The van der Waals surface area contributed by atoms with E-state index < -0.39 is 6.09 Å². The molecule has 1 aliphatic rings. The maximum Gasteiger partial charge on any atom is 0.407 e. The maximum atomic E-state index is 12.2. The molecule has 7 heteroatoms. The molecule has 0 heterocycles. The fourth-order valence-electron chi connectivity index (χ4n) is 2.96. The second-order valence-electron chi connectivity index (χ2n) is 6.15. The molecule has 7 nitrogen and oxygen atoms in total. The number of nitrogens with two attached hydrogens (primary N) is 1. The molecule has 0 saturated heterocycles. The summed E-state index contributed by atoms with van der Waals surface area (Å²) in [5.41, 5.74) is 6.90. The van der Waals surface area contributed by atoms with Gasteiger partial charge in [0.05, 0.1) is 21.3 Å². The summed E-state index contributed by atoms with van der Waals surface area (Å²) in [6.07, 6.45) is 7.25. The number of nitrogens with one attached hydrogen (secondary N) is 1. The van der Waals surface area contributed by atoms with Gasteiger partial charge in [0.25, 0.3) is 0 Å². The van der Waals surface area contributed by atoms with Gasteiger partial charge >= 0.3 is 6.09 Å². The van der Waals surface area contributed by atoms with Gasteiger partial charge in [0.1, 0.15) is 6.61 Å². The van der Waals surface area contributed by atoms with Crippen LogP contribution in [0.5, 0.6) is 17.2 Å². The summed E-state index contributed by atoms with van der Waals surface area (Å²) in [6, 6.07) is 3.34. The number of carbonyl (C=O) groups is 1. The number of amides is 1. The molecule has 0 saturated carbocycles. The molecular formula is C19H28N2O5. The zero-order chi connectivity index (χ0) is 18.9. The molecule has 2 atom stereocenters. The van der Waals surface area contributed by atoms with Crippen molar-refractivity contribution in [1.29, 1.82) is 0 Å². The largest absolute Gasteiger partial charge is 0.493 e. The van der Waals surface area contributed by atoms with Gasteiger partial charge in [-0.2, -0.15) is 0 Å². The number of rotatable bonds is 6. The Hall–Kier alpha value is -2.41. The summed E-state index contributed by atoms with van der Waals surface area (Å²) >= 11 is 0. The number of ether oxygens (including phenoxy) is 4. The summed E-state index contributed by atoms with van der Waals surface area (Å²) in [6.45, 7) is 0.0877. The summed E-state index contributed by atoms with van der Waals surface area (Å²) in [5.74, 6) is 1.52. The molecule has 0 aromatic heterocycles. The van der Waals surface area contributed by atoms with Crippen LogP contribution in [0.2, 0.25) is 0 Å². The summed E-state index contributed by atoms with van der Waals surface area (Å²) in [4.78, 5) is 12.2. The first-order valence-electron chi connectivity index (χ1n) is 8.71. The van der Waals surface area contributed by atoms with Gasteiger partial charge in [0, 0.05) is 12.1 Å². The predicted molar refractivity (Wildman–Crippen MR) is 98.8 cm³/mol. The standard InChI is InChI=1S/C19H28N2O5/c1-23-16-10-13(11-17(24-2)18(16)25-3)12-26-19(22)21-15-9-7-5-4-6-8-14(15)20/h4-5,10-11,14-15H,6-9,12,20H2,1-3H3,(H,21,22). The molecule has 0 radical (unpaired) electrons. The molecule has 1 aromatic rings. The van der Waals surface area contributed by atoms with Crippen molar-refractivity contribution in [3.05, 3.63) is 29.8 Å². The first-order valence-corrected chi connectivity index (χ1v) is 8.71. The number of alkyl carbamates (subject to hydrolysis) is 1. The third-order valence-electron chi connectivity index (χ3n) is 4.39. The quantitative estimate of drug-likeness (QED) is 0.754. The molecule has 1 aromatic carbocycles. The molecule has 0 bridgehead atoms. The van der Waals surface area contributed by atoms with Crippen LogP contribution in [0.4, 0.5) is 4.79 Å². The molecule has 1 amide bonds. The van der Waals surface area contributed by atoms with Crippen molar-refractivity contribution in [3.8, 4) is 17.2 Å². The highest BCUT2D eigenvalue weighted by Gasteiger charge is 2.21. The lowest BCUT2D eigenvalue weighted by Gasteiger charge is -2.25. The zero-order valence-electron chi connectivity index (χ0n) is 15.6. The molecule has 26 heavy (non-hydrogen) atoms. The van der Waals surface area contributed by atoms with E-state index in [1.165, 1.54) is 7.11 Å². The Morgan fingerprint density at radius 1 is 1.08 bits per heavy atom. The topological polar surface area (TPSA) is 92.0 Å². The Morgan fingerprint density at radius 2 is 1.69 bits per heavy atom. The second-order valence-corrected chi connectivity index (χ2v) is 6.15. The fraction of sp³-hybridized carbons (Fsp3) is 0.526. The summed E-state index contributed by atoms with van der Waals surface area (Å²) in [5, 5.41) is 2.88. The van der Waals surface area contributed by atoms with Crippen LogP contribution in [-0.2, 0) is 11.3 Å². The van der Waals surface area contributed by atoms with E-state index in [1.807, 2.05) is 0 Å². The van der Waals surface area contributed by atoms with Gasteiger partial charge in [0.15, 0.2) is 11.5 Å². The van der Waals surface area contributed by atoms with Gasteiger partial charge in [-0.05, 0) is 43.4 Å². The lowest BCUT2D eigenvalue weighted by Crippen LogP contribution is -2.47. The summed E-state index contributed by atoms with van der Waals surface area (Å²) < 4.78 is 21.2. The lowest BCUT2D eigenvalue weighted by atomic mass is 9.96. The van der Waals surface area contributed by atoms with Crippen LogP contribution in [0.1, 0.15) is 31.2 Å². The monoisotopic (exact) mass is 364 g/mol. The van der Waals surface area contributed by atoms with Crippen LogP contribution >= 0.6 is 0 Å². The van der Waals surface area contributed by atoms with Crippen LogP contribution in [0.15, 0.2) is 24.3 Å². The Labute approximate surface area is 154 Å². The van der Waals surface area contributed by atoms with E-state index in [0.717, 1.165) is 31.2 Å². The molecule has 0 fully saturated rings. The molecule has 144 valence electrons. The highest BCUT2D eigenvalue weighted by atomic mass is 16.5. The Balaban J connectivity index is 1.97. The molecule has 2 unspecified atom stereocenters. The first-order chi connectivity index (χ1) is 12.6. The van der Waals surface area contributed by atoms with E-state index in [0.29, 0.717) is 17.2 Å². The van der Waals surface area contributed by atoms with Gasteiger partial charge in [-0.15, -0.1) is 0 Å². The van der Waals surface area contributed by atoms with Crippen molar-refractivity contribution in [1.82, 2.24) is 5.32 Å². The average molecular weight is 364 g/mol. The Kier molecular flexibility index (Phi) is 7.59. The van der Waals surface area contributed by atoms with E-state index in [2.05, 4.69) is 17.5 Å². The lowest BCUT2D eigenvalue weighted by molar-refractivity contribution is 0.132. The Bertz CT molecular complexity index is 607. The minimum atomic E-state index is -0.483. The Morgan fingerprint density at radius 3 is 2.27 bits per heavy atom. The van der Waals surface area contributed by atoms with Crippen molar-refractivity contribution in [2.45, 2.75) is 44.4 Å². The van der Waals surface area contributed by atoms with Crippen molar-refractivity contribution in [2.24, 2.45) is 5.73 Å². The highest BCUT2D eigenvalue weighted by molar-refractivity contribution is 5.67. The third-order valence-corrected chi connectivity index (χ3v) is 4.39. The third kappa shape index (κ3) is 5.29. The summed E-state index contributed by atoms with van der Waals surface area (Å²) in [7, 11) is 4.62. The minimum absolute atomic E-state index is 0.0753. The van der Waals surface area contributed by atoms with Gasteiger partial charge in [-0.3, -0.25) is 0 Å². The highest BCUT2D eigenvalue weighted by Crippen LogP contribution is 2.38. The molecule has 2 rings (SSSR count). The van der Waals surface area contributed by atoms with Crippen LogP contribution < -0.4 is 25.3 Å². The number of methoxy groups -OCH3 is 3. The van der Waals surface area contributed by atoms with E-state index in [-0.39, 0.29) is 18.7 Å². The van der Waals surface area contributed by atoms with Crippen LogP contribution in [0.3, 0.4) is 0 Å².